The van der Waals surface area contributed by atoms with Crippen molar-refractivity contribution in [2.24, 2.45) is 0 Å². The van der Waals surface area contributed by atoms with Gasteiger partial charge >= 0.3 is 0 Å². The first-order valence-corrected chi connectivity index (χ1v) is 11.4. The number of benzene rings is 2. The molecule has 6 heteroatoms. The monoisotopic (exact) mass is 423 g/mol. The number of thioether (sulfide) groups is 1. The SMILES string of the molecule is CCC[C@@H](NC(=O)[C@@H](C)Sc1nc2ccccc2c(=O)n1CCC)c1ccccc1. The van der Waals surface area contributed by atoms with Gasteiger partial charge in [-0.15, -0.1) is 0 Å². The largest absolute Gasteiger partial charge is 0.348 e. The summed E-state index contributed by atoms with van der Waals surface area (Å²) in [6.45, 7) is 6.59. The molecular weight excluding hydrogens is 394 g/mol. The van der Waals surface area contributed by atoms with Gasteiger partial charge < -0.3 is 5.32 Å². The average Bonchev–Trinajstić information content (AvgIpc) is 2.76. The Morgan fingerprint density at radius 3 is 2.47 bits per heavy atom. The lowest BCUT2D eigenvalue weighted by Crippen LogP contribution is -2.35. The van der Waals surface area contributed by atoms with Gasteiger partial charge in [0.05, 0.1) is 22.2 Å². The molecule has 0 aliphatic carbocycles. The van der Waals surface area contributed by atoms with Crippen molar-refractivity contribution in [1.29, 1.82) is 0 Å². The third-order valence-corrected chi connectivity index (χ3v) is 6.11. The molecule has 1 N–H and O–H groups in total. The summed E-state index contributed by atoms with van der Waals surface area (Å²) < 4.78 is 1.69. The Hall–Kier alpha value is -2.60. The van der Waals surface area contributed by atoms with Gasteiger partial charge in [0.1, 0.15) is 0 Å². The standard InChI is InChI=1S/C24H29N3O2S/c1-4-11-20(18-12-7-6-8-13-18)25-22(28)17(3)30-24-26-21-15-10-9-14-19(21)23(29)27(24)16-5-2/h6-10,12-15,17,20H,4-5,11,16H2,1-3H3,(H,25,28)/t17-,20-/m1/s1. The molecule has 5 nitrogen and oxygen atoms in total. The van der Waals surface area contributed by atoms with Gasteiger partial charge in [-0.2, -0.15) is 0 Å². The third kappa shape index (κ3) is 5.11. The molecule has 0 saturated carbocycles. The molecule has 1 amide bonds. The van der Waals surface area contributed by atoms with Crippen molar-refractivity contribution in [1.82, 2.24) is 14.9 Å². The Labute approximate surface area is 181 Å². The van der Waals surface area contributed by atoms with Crippen LogP contribution in [0.3, 0.4) is 0 Å². The zero-order valence-corrected chi connectivity index (χ0v) is 18.6. The van der Waals surface area contributed by atoms with Gasteiger partial charge in [0, 0.05) is 6.54 Å². The lowest BCUT2D eigenvalue weighted by Gasteiger charge is -2.21. The van der Waals surface area contributed by atoms with Crippen LogP contribution in [0, 0.1) is 0 Å². The summed E-state index contributed by atoms with van der Waals surface area (Å²) in [7, 11) is 0. The van der Waals surface area contributed by atoms with E-state index < -0.39 is 0 Å². The molecule has 1 aromatic heterocycles. The van der Waals surface area contributed by atoms with Crippen molar-refractivity contribution in [2.75, 3.05) is 0 Å². The van der Waals surface area contributed by atoms with Crippen molar-refractivity contribution < 1.29 is 4.79 Å². The van der Waals surface area contributed by atoms with E-state index in [0.717, 1.165) is 24.8 Å². The fraction of sp³-hybridized carbons (Fsp3) is 0.375. The quantitative estimate of drug-likeness (QED) is 0.391. The van der Waals surface area contributed by atoms with Crippen molar-refractivity contribution in [3.63, 3.8) is 0 Å². The second-order valence-corrected chi connectivity index (χ2v) is 8.70. The van der Waals surface area contributed by atoms with Gasteiger partial charge in [0.2, 0.25) is 5.91 Å². The normalized spacial score (nSPS) is 13.2. The Balaban J connectivity index is 1.83. The van der Waals surface area contributed by atoms with E-state index in [0.29, 0.717) is 22.6 Å². The van der Waals surface area contributed by atoms with Crippen molar-refractivity contribution in [3.05, 3.63) is 70.5 Å². The van der Waals surface area contributed by atoms with Crippen molar-refractivity contribution >= 4 is 28.6 Å². The molecule has 3 rings (SSSR count). The van der Waals surface area contributed by atoms with Gasteiger partial charge in [-0.25, -0.2) is 4.98 Å². The zero-order chi connectivity index (χ0) is 21.5. The number of hydrogen-bond acceptors (Lipinski definition) is 4. The van der Waals surface area contributed by atoms with E-state index in [2.05, 4.69) is 12.2 Å². The molecule has 1 heterocycles. The molecule has 0 spiro atoms. The number of para-hydroxylation sites is 1. The number of carbonyl (C=O) groups is 1. The number of nitrogens with one attached hydrogen (secondary N) is 1. The molecule has 2 aromatic carbocycles. The van der Waals surface area contributed by atoms with Crippen LogP contribution in [0.15, 0.2) is 64.5 Å². The molecular formula is C24H29N3O2S. The summed E-state index contributed by atoms with van der Waals surface area (Å²) in [5.74, 6) is -0.0484. The number of hydrogen-bond donors (Lipinski definition) is 1. The lowest BCUT2D eigenvalue weighted by atomic mass is 10.0. The maximum absolute atomic E-state index is 13.0. The molecule has 0 fully saturated rings. The van der Waals surface area contributed by atoms with Crippen LogP contribution in [-0.2, 0) is 11.3 Å². The minimum absolute atomic E-state index is 0.0193. The molecule has 2 atom stereocenters. The molecule has 0 unspecified atom stereocenters. The maximum atomic E-state index is 13.0. The summed E-state index contributed by atoms with van der Waals surface area (Å²) in [5.41, 5.74) is 1.72. The van der Waals surface area contributed by atoms with Crippen LogP contribution >= 0.6 is 11.8 Å². The summed E-state index contributed by atoms with van der Waals surface area (Å²) in [6, 6.07) is 17.4. The number of aromatic nitrogens is 2. The van der Waals surface area contributed by atoms with Crippen LogP contribution in [-0.4, -0.2) is 20.7 Å². The minimum Gasteiger partial charge on any atom is -0.348 e. The van der Waals surface area contributed by atoms with Crippen LogP contribution in [0.25, 0.3) is 10.9 Å². The Bertz CT molecular complexity index is 1050. The molecule has 0 aliphatic heterocycles. The first-order chi connectivity index (χ1) is 14.5. The molecule has 0 bridgehead atoms. The first-order valence-electron chi connectivity index (χ1n) is 10.6. The van der Waals surface area contributed by atoms with E-state index >= 15 is 0 Å². The van der Waals surface area contributed by atoms with Gasteiger partial charge in [-0.05, 0) is 37.5 Å². The number of carbonyl (C=O) groups excluding carboxylic acids is 1. The van der Waals surface area contributed by atoms with Gasteiger partial charge in [-0.3, -0.25) is 14.2 Å². The molecule has 3 aromatic rings. The predicted octanol–water partition coefficient (Wildman–Crippen LogP) is 4.94. The van der Waals surface area contributed by atoms with Gasteiger partial charge in [0.15, 0.2) is 5.16 Å². The fourth-order valence-electron chi connectivity index (χ4n) is 3.46. The topological polar surface area (TPSA) is 64.0 Å². The highest BCUT2D eigenvalue weighted by atomic mass is 32.2. The van der Waals surface area contributed by atoms with E-state index in [-0.39, 0.29) is 22.8 Å². The summed E-state index contributed by atoms with van der Waals surface area (Å²) >= 11 is 1.34. The zero-order valence-electron chi connectivity index (χ0n) is 17.8. The first kappa shape index (κ1) is 22.1. The summed E-state index contributed by atoms with van der Waals surface area (Å²) in [5, 5.41) is 4.01. The van der Waals surface area contributed by atoms with E-state index in [1.165, 1.54) is 11.8 Å². The second-order valence-electron chi connectivity index (χ2n) is 7.39. The maximum Gasteiger partial charge on any atom is 0.262 e. The molecule has 0 saturated heterocycles. The number of fused-ring (bicyclic) bond motifs is 1. The smallest absolute Gasteiger partial charge is 0.262 e. The lowest BCUT2D eigenvalue weighted by molar-refractivity contribution is -0.121. The minimum atomic E-state index is -0.371. The van der Waals surface area contributed by atoms with Gasteiger partial charge in [-0.1, -0.05) is 74.5 Å². The fourth-order valence-corrected chi connectivity index (χ4v) is 4.40. The van der Waals surface area contributed by atoms with E-state index in [1.54, 1.807) is 10.6 Å². The number of rotatable bonds is 9. The molecule has 0 aliphatic rings. The van der Waals surface area contributed by atoms with Crippen LogP contribution in [0.4, 0.5) is 0 Å². The van der Waals surface area contributed by atoms with Crippen LogP contribution in [0.2, 0.25) is 0 Å². The highest BCUT2D eigenvalue weighted by Gasteiger charge is 2.22. The van der Waals surface area contributed by atoms with Crippen LogP contribution in [0.1, 0.15) is 51.6 Å². The van der Waals surface area contributed by atoms with Crippen molar-refractivity contribution in [2.45, 2.75) is 63.0 Å². The second kappa shape index (κ2) is 10.4. The average molecular weight is 424 g/mol. The van der Waals surface area contributed by atoms with Crippen LogP contribution in [0.5, 0.6) is 0 Å². The molecule has 0 radical (unpaired) electrons. The van der Waals surface area contributed by atoms with Gasteiger partial charge in [0.25, 0.3) is 5.56 Å². The summed E-state index contributed by atoms with van der Waals surface area (Å²) in [6.07, 6.45) is 2.67. The highest BCUT2D eigenvalue weighted by molar-refractivity contribution is 8.00. The van der Waals surface area contributed by atoms with E-state index in [1.807, 2.05) is 62.4 Å². The van der Waals surface area contributed by atoms with Crippen molar-refractivity contribution in [3.8, 4) is 0 Å². The Morgan fingerprint density at radius 1 is 1.07 bits per heavy atom. The number of nitrogens with zero attached hydrogens (tertiary/aromatic N) is 2. The predicted molar refractivity (Wildman–Crippen MR) is 124 cm³/mol. The van der Waals surface area contributed by atoms with Crippen LogP contribution < -0.4 is 10.9 Å². The Kier molecular flexibility index (Phi) is 7.69. The third-order valence-electron chi connectivity index (χ3n) is 5.02. The summed E-state index contributed by atoms with van der Waals surface area (Å²) in [4.78, 5) is 30.6. The Morgan fingerprint density at radius 2 is 1.77 bits per heavy atom. The molecule has 158 valence electrons. The van der Waals surface area contributed by atoms with E-state index in [4.69, 9.17) is 4.98 Å². The molecule has 30 heavy (non-hydrogen) atoms. The highest BCUT2D eigenvalue weighted by Crippen LogP contribution is 2.25. The number of amides is 1. The van der Waals surface area contributed by atoms with E-state index in [9.17, 15) is 9.59 Å².